The van der Waals surface area contributed by atoms with Crippen molar-refractivity contribution in [2.24, 2.45) is 0 Å². The second-order valence-corrected chi connectivity index (χ2v) is 14.0. The number of hydrogen-bond donors (Lipinski definition) is 1. The first-order valence-electron chi connectivity index (χ1n) is 14.2. The van der Waals surface area contributed by atoms with Gasteiger partial charge in [0, 0.05) is 23.5 Å². The monoisotopic (exact) mass is 689 g/mol. The van der Waals surface area contributed by atoms with Gasteiger partial charge in [-0.25, -0.2) is 8.42 Å². The molecule has 4 rings (SSSR count). The van der Waals surface area contributed by atoms with E-state index in [1.165, 1.54) is 24.1 Å². The molecule has 11 heteroatoms. The van der Waals surface area contributed by atoms with Gasteiger partial charge < -0.3 is 15.0 Å². The Morgan fingerprint density at radius 2 is 1.70 bits per heavy atom. The number of hydrogen-bond acceptors (Lipinski definition) is 5. The molecule has 3 aromatic rings. The zero-order valence-electron chi connectivity index (χ0n) is 24.3. The summed E-state index contributed by atoms with van der Waals surface area (Å²) in [6.07, 6.45) is 6.32. The van der Waals surface area contributed by atoms with Gasteiger partial charge >= 0.3 is 0 Å². The van der Waals surface area contributed by atoms with Crippen LogP contribution in [-0.2, 0) is 32.6 Å². The molecule has 230 valence electrons. The lowest BCUT2D eigenvalue weighted by Crippen LogP contribution is -2.55. The molecule has 1 saturated carbocycles. The molecule has 1 aliphatic carbocycles. The SMILES string of the molecule is COc1ccc(N(CC(=O)N(Cc2cccc(Br)c2)[C@H](Cc2ccccc2)C(=O)NC2CCCCC2)S(C)(=O)=O)cc1Cl. The third-order valence-electron chi connectivity index (χ3n) is 7.57. The summed E-state index contributed by atoms with van der Waals surface area (Å²) in [6.45, 7) is -0.410. The molecule has 1 fully saturated rings. The summed E-state index contributed by atoms with van der Waals surface area (Å²) < 4.78 is 33.1. The number of rotatable bonds is 12. The van der Waals surface area contributed by atoms with Crippen molar-refractivity contribution in [1.82, 2.24) is 10.2 Å². The Morgan fingerprint density at radius 1 is 1.00 bits per heavy atom. The van der Waals surface area contributed by atoms with Gasteiger partial charge in [0.2, 0.25) is 21.8 Å². The summed E-state index contributed by atoms with van der Waals surface area (Å²) >= 11 is 9.82. The molecule has 8 nitrogen and oxygen atoms in total. The van der Waals surface area contributed by atoms with Crippen molar-refractivity contribution in [3.05, 3.63) is 93.4 Å². The van der Waals surface area contributed by atoms with Gasteiger partial charge in [-0.05, 0) is 54.3 Å². The summed E-state index contributed by atoms with van der Waals surface area (Å²) in [7, 11) is -2.45. The standard InChI is InChI=1S/C32H37BrClN3O5S/c1-42-30-17-16-27(20-28(30)34)37(43(2,40)41)22-31(38)36(21-24-12-9-13-25(33)18-24)29(19-23-10-5-3-6-11-23)32(39)35-26-14-7-4-8-15-26/h3,5-6,9-13,16-18,20,26,29H,4,7-8,14-15,19,21-22H2,1-2H3,(H,35,39)/t29-/m1/s1. The van der Waals surface area contributed by atoms with Crippen LogP contribution in [0.3, 0.4) is 0 Å². The van der Waals surface area contributed by atoms with Crippen molar-refractivity contribution >= 4 is 55.1 Å². The molecular formula is C32H37BrClN3O5S. The summed E-state index contributed by atoms with van der Waals surface area (Å²) in [6, 6.07) is 20.7. The van der Waals surface area contributed by atoms with Gasteiger partial charge in [-0.3, -0.25) is 13.9 Å². The van der Waals surface area contributed by atoms with Crippen LogP contribution in [0.2, 0.25) is 5.02 Å². The van der Waals surface area contributed by atoms with E-state index >= 15 is 0 Å². The molecular weight excluding hydrogens is 654 g/mol. The summed E-state index contributed by atoms with van der Waals surface area (Å²) in [5, 5.41) is 3.41. The lowest BCUT2D eigenvalue weighted by atomic mass is 9.94. The van der Waals surface area contributed by atoms with Gasteiger partial charge in [-0.2, -0.15) is 0 Å². The Hall–Kier alpha value is -3.08. The van der Waals surface area contributed by atoms with E-state index in [2.05, 4.69) is 21.2 Å². The van der Waals surface area contributed by atoms with E-state index in [0.29, 0.717) is 5.75 Å². The Bertz CT molecular complexity index is 1520. The first-order chi connectivity index (χ1) is 20.5. The molecule has 1 atom stereocenters. The number of amides is 2. The number of ether oxygens (including phenoxy) is 1. The average molecular weight is 691 g/mol. The Balaban J connectivity index is 1.73. The van der Waals surface area contributed by atoms with Crippen molar-refractivity contribution in [2.45, 2.75) is 57.2 Å². The van der Waals surface area contributed by atoms with Gasteiger partial charge in [0.1, 0.15) is 18.3 Å². The fraction of sp³-hybridized carbons (Fsp3) is 0.375. The molecule has 1 N–H and O–H groups in total. The van der Waals surface area contributed by atoms with E-state index in [1.807, 2.05) is 54.6 Å². The van der Waals surface area contributed by atoms with E-state index in [1.54, 1.807) is 6.07 Å². The molecule has 3 aromatic carbocycles. The average Bonchev–Trinajstić information content (AvgIpc) is 2.98. The predicted octanol–water partition coefficient (Wildman–Crippen LogP) is 5.97. The predicted molar refractivity (Wildman–Crippen MR) is 174 cm³/mol. The van der Waals surface area contributed by atoms with Crippen LogP contribution < -0.4 is 14.4 Å². The molecule has 0 radical (unpaired) electrons. The van der Waals surface area contributed by atoms with Gasteiger partial charge in [0.05, 0.1) is 24.1 Å². The van der Waals surface area contributed by atoms with Crippen LogP contribution in [0, 0.1) is 0 Å². The van der Waals surface area contributed by atoms with E-state index in [0.717, 1.165) is 58.3 Å². The molecule has 0 aromatic heterocycles. The molecule has 2 amide bonds. The highest BCUT2D eigenvalue weighted by Gasteiger charge is 2.34. The van der Waals surface area contributed by atoms with Gasteiger partial charge in [0.15, 0.2) is 0 Å². The van der Waals surface area contributed by atoms with Gasteiger partial charge in [0.25, 0.3) is 0 Å². The second-order valence-electron chi connectivity index (χ2n) is 10.8. The number of benzene rings is 3. The molecule has 0 bridgehead atoms. The maximum Gasteiger partial charge on any atom is 0.244 e. The third-order valence-corrected chi connectivity index (χ3v) is 9.50. The highest BCUT2D eigenvalue weighted by Crippen LogP contribution is 2.30. The maximum absolute atomic E-state index is 14.3. The molecule has 1 aliphatic rings. The molecule has 0 unspecified atom stereocenters. The maximum atomic E-state index is 14.3. The number of anilines is 1. The van der Waals surface area contributed by atoms with Crippen LogP contribution in [0.5, 0.6) is 5.75 Å². The highest BCUT2D eigenvalue weighted by molar-refractivity contribution is 9.10. The van der Waals surface area contributed by atoms with Crippen molar-refractivity contribution in [2.75, 3.05) is 24.2 Å². The number of sulfonamides is 1. The highest BCUT2D eigenvalue weighted by atomic mass is 79.9. The zero-order chi connectivity index (χ0) is 31.0. The number of methoxy groups -OCH3 is 1. The Kier molecular flexibility index (Phi) is 11.5. The van der Waals surface area contributed by atoms with E-state index < -0.39 is 28.5 Å². The number of carbonyl (C=O) groups excluding carboxylic acids is 2. The van der Waals surface area contributed by atoms with Crippen LogP contribution in [0.15, 0.2) is 77.3 Å². The van der Waals surface area contributed by atoms with Crippen LogP contribution in [0.4, 0.5) is 5.69 Å². The topological polar surface area (TPSA) is 96.0 Å². The Labute approximate surface area is 267 Å². The van der Waals surface area contributed by atoms with Gasteiger partial charge in [-0.15, -0.1) is 0 Å². The largest absolute Gasteiger partial charge is 0.495 e. The minimum Gasteiger partial charge on any atom is -0.495 e. The van der Waals surface area contributed by atoms with Crippen molar-refractivity contribution in [3.63, 3.8) is 0 Å². The lowest BCUT2D eigenvalue weighted by Gasteiger charge is -2.35. The normalized spacial score (nSPS) is 14.5. The van der Waals surface area contributed by atoms with E-state index in [4.69, 9.17) is 16.3 Å². The van der Waals surface area contributed by atoms with Crippen molar-refractivity contribution in [1.29, 1.82) is 0 Å². The first kappa shape index (κ1) is 32.8. The number of nitrogens with zero attached hydrogens (tertiary/aromatic N) is 2. The number of nitrogens with one attached hydrogen (secondary N) is 1. The van der Waals surface area contributed by atoms with Crippen LogP contribution in [-0.4, -0.2) is 57.1 Å². The summed E-state index contributed by atoms with van der Waals surface area (Å²) in [5.74, 6) is -0.390. The Morgan fingerprint density at radius 3 is 2.33 bits per heavy atom. The number of carbonyl (C=O) groups is 2. The van der Waals surface area contributed by atoms with Crippen LogP contribution in [0.1, 0.15) is 43.2 Å². The van der Waals surface area contributed by atoms with Gasteiger partial charge in [-0.1, -0.05) is 89.3 Å². The molecule has 0 saturated heterocycles. The first-order valence-corrected chi connectivity index (χ1v) is 17.3. The molecule has 43 heavy (non-hydrogen) atoms. The fourth-order valence-electron chi connectivity index (χ4n) is 5.35. The van der Waals surface area contributed by atoms with E-state index in [9.17, 15) is 18.0 Å². The minimum absolute atomic E-state index is 0.0382. The summed E-state index contributed by atoms with van der Waals surface area (Å²) in [5.41, 5.74) is 1.90. The van der Waals surface area contributed by atoms with Crippen molar-refractivity contribution < 1.29 is 22.7 Å². The zero-order valence-corrected chi connectivity index (χ0v) is 27.5. The molecule has 0 aliphatic heterocycles. The molecule has 0 spiro atoms. The van der Waals surface area contributed by atoms with Crippen LogP contribution >= 0.6 is 27.5 Å². The van der Waals surface area contributed by atoms with Crippen LogP contribution in [0.25, 0.3) is 0 Å². The molecule has 0 heterocycles. The van der Waals surface area contributed by atoms with Crippen molar-refractivity contribution in [3.8, 4) is 5.75 Å². The quantitative estimate of drug-likeness (QED) is 0.253. The minimum atomic E-state index is -3.91. The smallest absolute Gasteiger partial charge is 0.244 e. The number of halogens is 2. The second kappa shape index (κ2) is 15.1. The summed E-state index contributed by atoms with van der Waals surface area (Å²) in [4.78, 5) is 29.8. The lowest BCUT2D eigenvalue weighted by molar-refractivity contribution is -0.140. The fourth-order valence-corrected chi connectivity index (χ4v) is 6.89. The van der Waals surface area contributed by atoms with E-state index in [-0.39, 0.29) is 35.6 Å². The third kappa shape index (κ3) is 9.20.